The SMILES string of the molecule is O=S(=O)(Nc1nc2cccc(Br)c2o1)c1ccccc1. The Morgan fingerprint density at radius 3 is 2.50 bits per heavy atom. The number of nitrogens with one attached hydrogen (secondary N) is 1. The van der Waals surface area contributed by atoms with E-state index < -0.39 is 10.0 Å². The maximum Gasteiger partial charge on any atom is 0.310 e. The zero-order valence-corrected chi connectivity index (χ0v) is 12.5. The van der Waals surface area contributed by atoms with Crippen molar-refractivity contribution >= 4 is 43.1 Å². The third kappa shape index (κ3) is 2.41. The van der Waals surface area contributed by atoms with E-state index in [2.05, 4.69) is 25.6 Å². The van der Waals surface area contributed by atoms with Crippen molar-refractivity contribution in [2.24, 2.45) is 0 Å². The van der Waals surface area contributed by atoms with Crippen LogP contribution in [-0.2, 0) is 10.0 Å². The molecule has 0 unspecified atom stereocenters. The lowest BCUT2D eigenvalue weighted by molar-refractivity contribution is 0.591. The van der Waals surface area contributed by atoms with Crippen LogP contribution in [-0.4, -0.2) is 13.4 Å². The lowest BCUT2D eigenvalue weighted by atomic mass is 10.3. The minimum Gasteiger partial charge on any atom is -0.422 e. The summed E-state index contributed by atoms with van der Waals surface area (Å²) in [7, 11) is -3.70. The van der Waals surface area contributed by atoms with Gasteiger partial charge in [-0.05, 0) is 40.2 Å². The maximum absolute atomic E-state index is 12.1. The van der Waals surface area contributed by atoms with Crippen LogP contribution >= 0.6 is 15.9 Å². The average Bonchev–Trinajstić information content (AvgIpc) is 2.83. The highest BCUT2D eigenvalue weighted by Gasteiger charge is 2.17. The van der Waals surface area contributed by atoms with E-state index in [-0.39, 0.29) is 10.9 Å². The molecule has 102 valence electrons. The number of hydrogen-bond acceptors (Lipinski definition) is 4. The maximum atomic E-state index is 12.1. The molecule has 0 aliphatic rings. The molecule has 0 saturated carbocycles. The Balaban J connectivity index is 1.99. The number of anilines is 1. The Hall–Kier alpha value is -1.86. The molecule has 20 heavy (non-hydrogen) atoms. The van der Waals surface area contributed by atoms with E-state index in [1.165, 1.54) is 12.1 Å². The summed E-state index contributed by atoms with van der Waals surface area (Å²) in [5.41, 5.74) is 1.07. The van der Waals surface area contributed by atoms with Crippen LogP contribution in [0.15, 0.2) is 62.3 Å². The van der Waals surface area contributed by atoms with E-state index >= 15 is 0 Å². The number of hydrogen-bond donors (Lipinski definition) is 1. The predicted octanol–water partition coefficient (Wildman–Crippen LogP) is 3.39. The Kier molecular flexibility index (Phi) is 3.23. The zero-order chi connectivity index (χ0) is 14.2. The molecule has 0 atom stereocenters. The summed E-state index contributed by atoms with van der Waals surface area (Å²) in [6.45, 7) is 0. The van der Waals surface area contributed by atoms with Gasteiger partial charge in [-0.15, -0.1) is 0 Å². The van der Waals surface area contributed by atoms with Crippen LogP contribution in [0.25, 0.3) is 11.1 Å². The van der Waals surface area contributed by atoms with Gasteiger partial charge in [-0.25, -0.2) is 13.1 Å². The van der Waals surface area contributed by atoms with Crippen LogP contribution in [0.5, 0.6) is 0 Å². The number of sulfonamides is 1. The highest BCUT2D eigenvalue weighted by Crippen LogP contribution is 2.27. The van der Waals surface area contributed by atoms with Crippen LogP contribution in [0.2, 0.25) is 0 Å². The van der Waals surface area contributed by atoms with Crippen LogP contribution < -0.4 is 4.72 Å². The van der Waals surface area contributed by atoms with Crippen molar-refractivity contribution in [1.82, 2.24) is 4.98 Å². The summed E-state index contributed by atoms with van der Waals surface area (Å²) in [6, 6.07) is 13.3. The monoisotopic (exact) mass is 352 g/mol. The molecule has 2 aromatic carbocycles. The fourth-order valence-electron chi connectivity index (χ4n) is 1.73. The van der Waals surface area contributed by atoms with Gasteiger partial charge in [0.05, 0.1) is 9.37 Å². The number of rotatable bonds is 3. The van der Waals surface area contributed by atoms with Gasteiger partial charge in [-0.2, -0.15) is 4.98 Å². The lowest BCUT2D eigenvalue weighted by Gasteiger charge is -2.03. The molecule has 5 nitrogen and oxygen atoms in total. The van der Waals surface area contributed by atoms with Gasteiger partial charge in [0.1, 0.15) is 5.52 Å². The molecule has 1 heterocycles. The van der Waals surface area contributed by atoms with Gasteiger partial charge in [-0.3, -0.25) is 0 Å². The highest BCUT2D eigenvalue weighted by atomic mass is 79.9. The molecule has 0 fully saturated rings. The Bertz CT molecular complexity index is 860. The van der Waals surface area contributed by atoms with Gasteiger partial charge in [-0.1, -0.05) is 24.3 Å². The predicted molar refractivity (Wildman–Crippen MR) is 79.0 cm³/mol. The molecule has 3 aromatic rings. The fourth-order valence-corrected chi connectivity index (χ4v) is 3.12. The fraction of sp³-hybridized carbons (Fsp3) is 0. The van der Waals surface area contributed by atoms with E-state index in [0.29, 0.717) is 15.6 Å². The van der Waals surface area contributed by atoms with E-state index in [4.69, 9.17) is 4.42 Å². The van der Waals surface area contributed by atoms with Crippen molar-refractivity contribution in [2.75, 3.05) is 4.72 Å². The largest absolute Gasteiger partial charge is 0.422 e. The summed E-state index contributed by atoms with van der Waals surface area (Å²) >= 11 is 3.32. The molecular weight excluding hydrogens is 344 g/mol. The van der Waals surface area contributed by atoms with E-state index in [0.717, 1.165) is 0 Å². The Morgan fingerprint density at radius 2 is 1.80 bits per heavy atom. The number of para-hydroxylation sites is 1. The Morgan fingerprint density at radius 1 is 1.05 bits per heavy atom. The molecule has 1 aromatic heterocycles. The Labute approximate surface area is 123 Å². The molecule has 0 bridgehead atoms. The van der Waals surface area contributed by atoms with E-state index in [1.807, 2.05) is 0 Å². The molecule has 1 N–H and O–H groups in total. The van der Waals surface area contributed by atoms with Crippen molar-refractivity contribution in [3.8, 4) is 0 Å². The molecule has 0 aliphatic heterocycles. The van der Waals surface area contributed by atoms with Crippen molar-refractivity contribution in [2.45, 2.75) is 4.90 Å². The van der Waals surface area contributed by atoms with Gasteiger partial charge >= 0.3 is 6.01 Å². The molecule has 0 aliphatic carbocycles. The zero-order valence-electron chi connectivity index (χ0n) is 10.1. The number of benzene rings is 2. The first kappa shape index (κ1) is 13.1. The van der Waals surface area contributed by atoms with Crippen molar-refractivity contribution in [1.29, 1.82) is 0 Å². The van der Waals surface area contributed by atoms with E-state index in [9.17, 15) is 8.42 Å². The van der Waals surface area contributed by atoms with Crippen molar-refractivity contribution in [3.63, 3.8) is 0 Å². The van der Waals surface area contributed by atoms with Crippen LogP contribution in [0.4, 0.5) is 6.01 Å². The smallest absolute Gasteiger partial charge is 0.310 e. The third-order valence-electron chi connectivity index (χ3n) is 2.64. The molecule has 0 saturated heterocycles. The number of aromatic nitrogens is 1. The summed E-state index contributed by atoms with van der Waals surface area (Å²) in [5.74, 6) is 0. The van der Waals surface area contributed by atoms with Gasteiger partial charge in [0.25, 0.3) is 10.0 Å². The molecular formula is C13H9BrN2O3S. The quantitative estimate of drug-likeness (QED) is 0.783. The number of oxazole rings is 1. The molecule has 0 spiro atoms. The number of fused-ring (bicyclic) bond motifs is 1. The first-order valence-corrected chi connectivity index (χ1v) is 7.97. The summed E-state index contributed by atoms with van der Waals surface area (Å²) < 4.78 is 32.7. The second-order valence-corrected chi connectivity index (χ2v) is 6.56. The number of nitrogens with zero attached hydrogens (tertiary/aromatic N) is 1. The number of halogens is 1. The van der Waals surface area contributed by atoms with Gasteiger partial charge < -0.3 is 4.42 Å². The minimum atomic E-state index is -3.70. The van der Waals surface area contributed by atoms with Crippen LogP contribution in [0.1, 0.15) is 0 Å². The summed E-state index contributed by atoms with van der Waals surface area (Å²) in [6.07, 6.45) is 0. The molecule has 3 rings (SSSR count). The van der Waals surface area contributed by atoms with Gasteiger partial charge in [0, 0.05) is 0 Å². The lowest BCUT2D eigenvalue weighted by Crippen LogP contribution is -2.12. The van der Waals surface area contributed by atoms with Crippen molar-refractivity contribution < 1.29 is 12.8 Å². The molecule has 0 radical (unpaired) electrons. The third-order valence-corrected chi connectivity index (χ3v) is 4.60. The topological polar surface area (TPSA) is 72.2 Å². The minimum absolute atomic E-state index is 0.0595. The highest BCUT2D eigenvalue weighted by molar-refractivity contribution is 9.10. The summed E-state index contributed by atoms with van der Waals surface area (Å²) in [5, 5.41) is 0. The normalized spacial score (nSPS) is 11.7. The van der Waals surface area contributed by atoms with Crippen LogP contribution in [0.3, 0.4) is 0 Å². The average molecular weight is 353 g/mol. The molecule has 7 heteroatoms. The first-order valence-electron chi connectivity index (χ1n) is 5.69. The van der Waals surface area contributed by atoms with Gasteiger partial charge in [0.15, 0.2) is 5.58 Å². The van der Waals surface area contributed by atoms with Crippen molar-refractivity contribution in [3.05, 3.63) is 53.0 Å². The van der Waals surface area contributed by atoms with E-state index in [1.54, 1.807) is 36.4 Å². The van der Waals surface area contributed by atoms with Gasteiger partial charge in [0.2, 0.25) is 0 Å². The standard InChI is InChI=1S/C13H9BrN2O3S/c14-10-7-4-8-11-12(10)19-13(15-11)16-20(17,18)9-5-2-1-3-6-9/h1-8H,(H,15,16). The summed E-state index contributed by atoms with van der Waals surface area (Å²) in [4.78, 5) is 4.25. The van der Waals surface area contributed by atoms with Crippen LogP contribution in [0, 0.1) is 0 Å². The molecule has 0 amide bonds. The second-order valence-electron chi connectivity index (χ2n) is 4.03. The second kappa shape index (κ2) is 4.92. The first-order chi connectivity index (χ1) is 9.56.